The lowest BCUT2D eigenvalue weighted by Crippen LogP contribution is -2.77. The summed E-state index contributed by atoms with van der Waals surface area (Å²) in [4.78, 5) is 15.8. The van der Waals surface area contributed by atoms with Crippen LogP contribution in [0.1, 0.15) is 81.5 Å². The van der Waals surface area contributed by atoms with Crippen LogP contribution in [-0.4, -0.2) is 57.4 Å². The third-order valence-corrected chi connectivity index (χ3v) is 10.9. The Bertz CT molecular complexity index is 1410. The number of rotatable bonds is 9. The zero-order valence-electron chi connectivity index (χ0n) is 25.0. The maximum Gasteiger partial charge on any atom is 0.305 e. The van der Waals surface area contributed by atoms with E-state index in [4.69, 9.17) is 13.1 Å². The quantitative estimate of drug-likeness (QED) is 0.375. The maximum absolute atomic E-state index is 13.6. The highest BCUT2D eigenvalue weighted by atomic mass is 32.2. The lowest BCUT2D eigenvalue weighted by atomic mass is 9.49. The fourth-order valence-corrected chi connectivity index (χ4v) is 9.11. The predicted octanol–water partition coefficient (Wildman–Crippen LogP) is 5.68. The van der Waals surface area contributed by atoms with Crippen molar-refractivity contribution in [3.63, 3.8) is 0 Å². The van der Waals surface area contributed by atoms with Crippen molar-refractivity contribution >= 4 is 17.1 Å². The van der Waals surface area contributed by atoms with Crippen LogP contribution in [0.15, 0.2) is 48.0 Å². The number of carbonyl (C=O) groups excluding carboxylic acids is 1. The van der Waals surface area contributed by atoms with Crippen molar-refractivity contribution in [2.24, 2.45) is 0 Å². The average molecular weight is 594 g/mol. The molecule has 1 N–H and O–H groups in total. The predicted molar refractivity (Wildman–Crippen MR) is 163 cm³/mol. The van der Waals surface area contributed by atoms with Crippen molar-refractivity contribution < 1.29 is 27.2 Å². The number of ether oxygens (including phenoxy) is 1. The zero-order valence-corrected chi connectivity index (χ0v) is 25.8. The average Bonchev–Trinajstić information content (AvgIpc) is 3.37. The minimum Gasteiger partial charge on any atom is -0.504 e. The summed E-state index contributed by atoms with van der Waals surface area (Å²) >= 11 is -2.00. The number of aromatic hydroxyl groups is 1. The van der Waals surface area contributed by atoms with E-state index in [1.54, 1.807) is 6.07 Å². The van der Waals surface area contributed by atoms with Gasteiger partial charge in [0, 0.05) is 18.0 Å². The summed E-state index contributed by atoms with van der Waals surface area (Å²) in [5.74, 6) is 0.484. The summed E-state index contributed by atoms with van der Waals surface area (Å²) in [5.41, 5.74) is 4.28. The molecule has 2 aromatic rings. The van der Waals surface area contributed by atoms with E-state index in [1.165, 1.54) is 16.7 Å². The fourth-order valence-electron chi connectivity index (χ4n) is 8.26. The molecule has 2 fully saturated rings. The number of hydrogen-bond donors (Lipinski definition) is 1. The number of likely N-dealkylation sites (tertiary alicyclic amines) is 1. The number of phenols is 1. The molecule has 1 saturated carbocycles. The smallest absolute Gasteiger partial charge is 0.305 e. The summed E-state index contributed by atoms with van der Waals surface area (Å²) in [5, 5.41) is 10.8. The van der Waals surface area contributed by atoms with E-state index >= 15 is 0 Å². The van der Waals surface area contributed by atoms with Crippen molar-refractivity contribution in [1.29, 1.82) is 0 Å². The summed E-state index contributed by atoms with van der Waals surface area (Å²) in [6.07, 6.45) is 8.24. The molecule has 42 heavy (non-hydrogen) atoms. The van der Waals surface area contributed by atoms with Gasteiger partial charge in [0.05, 0.1) is 12.0 Å². The van der Waals surface area contributed by atoms with E-state index in [1.807, 2.05) is 19.9 Å². The van der Waals surface area contributed by atoms with Gasteiger partial charge in [0.15, 0.2) is 23.4 Å². The van der Waals surface area contributed by atoms with E-state index in [0.717, 1.165) is 49.9 Å². The Morgan fingerprint density at radius 2 is 1.93 bits per heavy atom. The van der Waals surface area contributed by atoms with Gasteiger partial charge in [-0.1, -0.05) is 69.2 Å². The monoisotopic (exact) mass is 593 g/mol. The molecule has 0 aromatic heterocycles. The van der Waals surface area contributed by atoms with Gasteiger partial charge >= 0.3 is 11.4 Å². The molecular formula is C34H43NO6S. The Balaban J connectivity index is 0.00000155. The molecule has 5 aliphatic rings. The SMILES string of the molecule is CC.CCCCN1CCC23c4c5ccc(O)c4OC2C(=O)CCC3(OS(=O)OCCC2=CCc3ccccc3C2)C1C5. The van der Waals surface area contributed by atoms with Crippen LogP contribution in [0.4, 0.5) is 0 Å². The van der Waals surface area contributed by atoms with Crippen LogP contribution in [0, 0.1) is 0 Å². The summed E-state index contributed by atoms with van der Waals surface area (Å²) in [6, 6.07) is 12.1. The minimum absolute atomic E-state index is 0.0275. The number of Topliss-reactive ketones (excluding diaryl/α,β-unsaturated/α-hetero) is 1. The molecule has 226 valence electrons. The molecule has 8 heteroatoms. The van der Waals surface area contributed by atoms with Gasteiger partial charge in [0.2, 0.25) is 0 Å². The molecule has 1 saturated heterocycles. The number of ketones is 1. The number of carbonyl (C=O) groups is 1. The Morgan fingerprint density at radius 3 is 2.74 bits per heavy atom. The maximum atomic E-state index is 13.6. The molecule has 1 spiro atoms. The molecule has 2 aromatic carbocycles. The minimum atomic E-state index is -2.00. The first-order valence-corrected chi connectivity index (χ1v) is 16.7. The van der Waals surface area contributed by atoms with E-state index < -0.39 is 28.5 Å². The largest absolute Gasteiger partial charge is 0.504 e. The van der Waals surface area contributed by atoms with Gasteiger partial charge in [-0.15, -0.1) is 0 Å². The van der Waals surface area contributed by atoms with Crippen LogP contribution < -0.4 is 4.74 Å². The van der Waals surface area contributed by atoms with Crippen molar-refractivity contribution in [2.75, 3.05) is 19.7 Å². The van der Waals surface area contributed by atoms with Crippen molar-refractivity contribution in [3.05, 3.63) is 70.3 Å². The second kappa shape index (κ2) is 11.9. The molecule has 2 bridgehead atoms. The van der Waals surface area contributed by atoms with Gasteiger partial charge in [-0.3, -0.25) is 18.1 Å². The molecular weight excluding hydrogens is 550 g/mol. The van der Waals surface area contributed by atoms with Gasteiger partial charge in [-0.25, -0.2) is 0 Å². The molecule has 0 amide bonds. The second-order valence-corrected chi connectivity index (χ2v) is 12.8. The Morgan fingerprint density at radius 1 is 1.12 bits per heavy atom. The molecule has 2 heterocycles. The first-order chi connectivity index (χ1) is 20.5. The molecule has 7 nitrogen and oxygen atoms in total. The number of allylic oxidation sites excluding steroid dienone is 1. The number of unbranched alkanes of at least 4 members (excludes halogenated alkanes) is 1. The number of phenolic OH excluding ortho intramolecular Hbond substituents is 1. The Kier molecular flexibility index (Phi) is 8.35. The van der Waals surface area contributed by atoms with Gasteiger partial charge in [0.1, 0.15) is 5.60 Å². The van der Waals surface area contributed by atoms with Gasteiger partial charge in [-0.05, 0) is 80.8 Å². The topological polar surface area (TPSA) is 85.3 Å². The number of piperidine rings is 1. The zero-order chi connectivity index (χ0) is 29.5. The van der Waals surface area contributed by atoms with Crippen LogP contribution in [-0.2, 0) is 49.2 Å². The molecule has 7 rings (SSSR count). The Labute approximate surface area is 252 Å². The molecule has 3 aliphatic carbocycles. The van der Waals surface area contributed by atoms with Gasteiger partial charge < -0.3 is 9.84 Å². The van der Waals surface area contributed by atoms with Gasteiger partial charge in [0.25, 0.3) is 0 Å². The lowest BCUT2D eigenvalue weighted by Gasteiger charge is -2.63. The second-order valence-electron chi connectivity index (χ2n) is 12.0. The van der Waals surface area contributed by atoms with Crippen molar-refractivity contribution in [1.82, 2.24) is 4.90 Å². The number of nitrogens with zero attached hydrogens (tertiary/aromatic N) is 1. The van der Waals surface area contributed by atoms with E-state index in [9.17, 15) is 14.1 Å². The summed E-state index contributed by atoms with van der Waals surface area (Å²) < 4.78 is 32.4. The standard InChI is InChI=1S/C32H37NO6S.C2H6/c1-2-3-16-33-17-15-31-28-24-10-11-25(34)29(28)38-30(31)26(35)12-14-32(31,27(33)20-24)39-40(36)37-18-13-21-8-9-22-6-4-5-7-23(22)19-21;1-2/h4-8,10-11,27,30,34H,2-3,9,12-20H2,1H3;1-2H3. The van der Waals surface area contributed by atoms with E-state index in [2.05, 4.69) is 42.2 Å². The van der Waals surface area contributed by atoms with Crippen LogP contribution in [0.25, 0.3) is 0 Å². The fraction of sp³-hybridized carbons (Fsp3) is 0.559. The molecule has 5 unspecified atom stereocenters. The molecule has 5 atom stereocenters. The highest BCUT2D eigenvalue weighted by molar-refractivity contribution is 7.75. The number of fused-ring (bicyclic) bond motifs is 1. The number of hydrogen-bond acceptors (Lipinski definition) is 7. The van der Waals surface area contributed by atoms with Crippen LogP contribution in [0.2, 0.25) is 0 Å². The molecule has 2 aliphatic heterocycles. The third-order valence-electron chi connectivity index (χ3n) is 10.1. The highest BCUT2D eigenvalue weighted by Crippen LogP contribution is 2.66. The van der Waals surface area contributed by atoms with Crippen LogP contribution >= 0.6 is 0 Å². The summed E-state index contributed by atoms with van der Waals surface area (Å²) in [6.45, 7) is 8.22. The number of benzene rings is 2. The molecule has 0 radical (unpaired) electrons. The van der Waals surface area contributed by atoms with Crippen molar-refractivity contribution in [2.45, 2.75) is 102 Å². The highest BCUT2D eigenvalue weighted by Gasteiger charge is 2.75. The van der Waals surface area contributed by atoms with Crippen molar-refractivity contribution in [3.8, 4) is 11.5 Å². The summed E-state index contributed by atoms with van der Waals surface area (Å²) in [7, 11) is 0. The van der Waals surface area contributed by atoms with E-state index in [0.29, 0.717) is 38.0 Å². The normalized spacial score (nSPS) is 29.4. The van der Waals surface area contributed by atoms with E-state index in [-0.39, 0.29) is 24.0 Å². The first-order valence-electron chi connectivity index (χ1n) is 15.7. The van der Waals surface area contributed by atoms with Crippen LogP contribution in [0.5, 0.6) is 11.5 Å². The first kappa shape index (κ1) is 29.5. The third kappa shape index (κ3) is 4.57. The lowest BCUT2D eigenvalue weighted by molar-refractivity contribution is -0.176. The Hall–Kier alpha value is -2.52. The van der Waals surface area contributed by atoms with Crippen LogP contribution in [0.3, 0.4) is 0 Å². The van der Waals surface area contributed by atoms with Gasteiger partial charge in [-0.2, -0.15) is 4.21 Å².